The lowest BCUT2D eigenvalue weighted by Crippen LogP contribution is -2.20. The molecule has 2 fully saturated rings. The van der Waals surface area contributed by atoms with Crippen molar-refractivity contribution in [1.82, 2.24) is 0 Å². The summed E-state index contributed by atoms with van der Waals surface area (Å²) in [7, 11) is 0. The summed E-state index contributed by atoms with van der Waals surface area (Å²) < 4.78 is 0. The van der Waals surface area contributed by atoms with Gasteiger partial charge in [-0.05, 0) is 36.0 Å². The predicted octanol–water partition coefficient (Wildman–Crippen LogP) is 2.64. The summed E-state index contributed by atoms with van der Waals surface area (Å²) in [5.74, 6) is 2.37. The number of hydrogen-bond acceptors (Lipinski definition) is 1. The molecule has 5 atom stereocenters. The molecule has 0 aliphatic heterocycles. The van der Waals surface area contributed by atoms with Crippen LogP contribution in [-0.4, -0.2) is 11.1 Å². The molecule has 0 radical (unpaired) electrons. The molecule has 2 nitrogen and oxygen atoms in total. The summed E-state index contributed by atoms with van der Waals surface area (Å²) in [4.78, 5) is 11.0. The molecule has 2 aliphatic rings. The van der Waals surface area contributed by atoms with Crippen molar-refractivity contribution in [3.05, 3.63) is 0 Å². The SMILES string of the molecule is CC(C)[C@@H]1CC[C@@H](C)C2C(C(=O)O)C21. The normalized spacial score (nSPS) is 46.1. The first-order valence-electron chi connectivity index (χ1n) is 5.76. The first-order valence-corrected chi connectivity index (χ1v) is 5.76. The Labute approximate surface area is 85.7 Å². The molecule has 2 rings (SSSR count). The Morgan fingerprint density at radius 2 is 1.93 bits per heavy atom. The van der Waals surface area contributed by atoms with Crippen molar-refractivity contribution in [3.8, 4) is 0 Å². The lowest BCUT2D eigenvalue weighted by Gasteiger charge is -2.28. The zero-order chi connectivity index (χ0) is 10.5. The molecule has 2 heteroatoms. The smallest absolute Gasteiger partial charge is 0.307 e. The van der Waals surface area contributed by atoms with E-state index in [1.807, 2.05) is 0 Å². The molecule has 2 saturated carbocycles. The average molecular weight is 196 g/mol. The molecular weight excluding hydrogens is 176 g/mol. The maximum absolute atomic E-state index is 11.0. The van der Waals surface area contributed by atoms with E-state index in [0.717, 1.165) is 0 Å². The molecule has 0 aromatic carbocycles. The molecule has 0 aromatic heterocycles. The summed E-state index contributed by atoms with van der Waals surface area (Å²) in [6.45, 7) is 6.68. The molecule has 0 saturated heterocycles. The van der Waals surface area contributed by atoms with Crippen molar-refractivity contribution in [2.24, 2.45) is 35.5 Å². The number of carbonyl (C=O) groups is 1. The van der Waals surface area contributed by atoms with Crippen molar-refractivity contribution >= 4 is 5.97 Å². The van der Waals surface area contributed by atoms with E-state index in [2.05, 4.69) is 20.8 Å². The largest absolute Gasteiger partial charge is 0.481 e. The van der Waals surface area contributed by atoms with Crippen LogP contribution in [0.2, 0.25) is 0 Å². The van der Waals surface area contributed by atoms with Gasteiger partial charge in [-0.1, -0.05) is 27.2 Å². The lowest BCUT2D eigenvalue weighted by molar-refractivity contribution is -0.139. The van der Waals surface area contributed by atoms with Gasteiger partial charge in [0.05, 0.1) is 5.92 Å². The quantitative estimate of drug-likeness (QED) is 0.737. The summed E-state index contributed by atoms with van der Waals surface area (Å²) >= 11 is 0. The van der Waals surface area contributed by atoms with E-state index in [4.69, 9.17) is 5.11 Å². The van der Waals surface area contributed by atoms with Crippen molar-refractivity contribution < 1.29 is 9.90 Å². The standard InChI is InChI=1S/C12H20O2/c1-6(2)8-5-4-7(3)9-10(8)11(9)12(13)14/h6-11H,4-5H2,1-3H3,(H,13,14)/t7-,8+,9?,10?,11?/m1/s1. The molecule has 14 heavy (non-hydrogen) atoms. The molecule has 0 spiro atoms. The highest BCUT2D eigenvalue weighted by molar-refractivity contribution is 5.74. The second kappa shape index (κ2) is 3.25. The second-order valence-electron chi connectivity index (χ2n) is 5.48. The van der Waals surface area contributed by atoms with Crippen LogP contribution in [0.25, 0.3) is 0 Å². The van der Waals surface area contributed by atoms with Crippen LogP contribution in [0.4, 0.5) is 0 Å². The van der Waals surface area contributed by atoms with E-state index in [-0.39, 0.29) is 5.92 Å². The van der Waals surface area contributed by atoms with Gasteiger partial charge >= 0.3 is 5.97 Å². The van der Waals surface area contributed by atoms with E-state index in [1.54, 1.807) is 0 Å². The van der Waals surface area contributed by atoms with Gasteiger partial charge in [0.1, 0.15) is 0 Å². The molecule has 0 amide bonds. The molecule has 1 N–H and O–H groups in total. The Bertz CT molecular complexity index is 247. The number of hydrogen-bond donors (Lipinski definition) is 1. The highest BCUT2D eigenvalue weighted by atomic mass is 16.4. The van der Waals surface area contributed by atoms with Crippen LogP contribution in [0.15, 0.2) is 0 Å². The highest BCUT2D eigenvalue weighted by Crippen LogP contribution is 2.62. The molecule has 3 unspecified atom stereocenters. The van der Waals surface area contributed by atoms with Crippen molar-refractivity contribution in [3.63, 3.8) is 0 Å². The first kappa shape index (κ1) is 10.0. The van der Waals surface area contributed by atoms with Crippen LogP contribution >= 0.6 is 0 Å². The monoisotopic (exact) mass is 196 g/mol. The van der Waals surface area contributed by atoms with Gasteiger partial charge in [-0.2, -0.15) is 0 Å². The lowest BCUT2D eigenvalue weighted by atomic mass is 9.77. The number of carboxylic acids is 1. The zero-order valence-electron chi connectivity index (χ0n) is 9.23. The summed E-state index contributed by atoms with van der Waals surface area (Å²) in [6, 6.07) is 0. The van der Waals surface area contributed by atoms with Crippen molar-refractivity contribution in [2.75, 3.05) is 0 Å². The Morgan fingerprint density at radius 3 is 2.43 bits per heavy atom. The summed E-state index contributed by atoms with van der Waals surface area (Å²) in [5, 5.41) is 9.10. The number of fused-ring (bicyclic) bond motifs is 1. The average Bonchev–Trinajstić information content (AvgIpc) is 2.79. The van der Waals surface area contributed by atoms with Crippen molar-refractivity contribution in [2.45, 2.75) is 33.6 Å². The minimum absolute atomic E-state index is 0.0140. The van der Waals surface area contributed by atoms with E-state index in [9.17, 15) is 4.79 Å². The molecule has 0 aromatic rings. The van der Waals surface area contributed by atoms with Gasteiger partial charge in [0.2, 0.25) is 0 Å². The van der Waals surface area contributed by atoms with Gasteiger partial charge in [-0.25, -0.2) is 0 Å². The topological polar surface area (TPSA) is 37.3 Å². The Kier molecular flexibility index (Phi) is 2.32. The predicted molar refractivity (Wildman–Crippen MR) is 54.8 cm³/mol. The minimum Gasteiger partial charge on any atom is -0.481 e. The minimum atomic E-state index is -0.556. The van der Waals surface area contributed by atoms with Crippen molar-refractivity contribution in [1.29, 1.82) is 0 Å². The van der Waals surface area contributed by atoms with E-state index in [1.165, 1.54) is 12.8 Å². The third kappa shape index (κ3) is 1.35. The Hall–Kier alpha value is -0.530. The third-order valence-electron chi connectivity index (χ3n) is 4.38. The van der Waals surface area contributed by atoms with Gasteiger partial charge in [0.25, 0.3) is 0 Å². The third-order valence-corrected chi connectivity index (χ3v) is 4.38. The molecule has 2 aliphatic carbocycles. The fourth-order valence-corrected chi connectivity index (χ4v) is 3.59. The van der Waals surface area contributed by atoms with E-state index < -0.39 is 5.97 Å². The van der Waals surface area contributed by atoms with Gasteiger partial charge < -0.3 is 5.11 Å². The molecule has 0 heterocycles. The zero-order valence-corrected chi connectivity index (χ0v) is 9.23. The molecule has 80 valence electrons. The number of rotatable bonds is 2. The summed E-state index contributed by atoms with van der Waals surface area (Å²) in [5.41, 5.74) is 0. The van der Waals surface area contributed by atoms with Crippen LogP contribution in [-0.2, 0) is 4.79 Å². The fraction of sp³-hybridized carbons (Fsp3) is 0.917. The first-order chi connectivity index (χ1) is 6.54. The van der Waals surface area contributed by atoms with Gasteiger partial charge in [-0.15, -0.1) is 0 Å². The van der Waals surface area contributed by atoms with Gasteiger partial charge in [0, 0.05) is 0 Å². The Morgan fingerprint density at radius 1 is 1.29 bits per heavy atom. The van der Waals surface area contributed by atoms with Crippen LogP contribution in [0.1, 0.15) is 33.6 Å². The van der Waals surface area contributed by atoms with Crippen LogP contribution in [0.5, 0.6) is 0 Å². The summed E-state index contributed by atoms with van der Waals surface area (Å²) in [6.07, 6.45) is 2.47. The molecule has 0 bridgehead atoms. The Balaban J connectivity index is 2.11. The highest BCUT2D eigenvalue weighted by Gasteiger charge is 2.62. The number of aliphatic carboxylic acids is 1. The maximum atomic E-state index is 11.0. The number of carboxylic acid groups (broad SMARTS) is 1. The van der Waals surface area contributed by atoms with Gasteiger partial charge in [-0.3, -0.25) is 4.79 Å². The second-order valence-corrected chi connectivity index (χ2v) is 5.48. The van der Waals surface area contributed by atoms with E-state index in [0.29, 0.717) is 29.6 Å². The fourth-order valence-electron chi connectivity index (χ4n) is 3.59. The molecular formula is C12H20O2. The van der Waals surface area contributed by atoms with E-state index >= 15 is 0 Å². The van der Waals surface area contributed by atoms with Gasteiger partial charge in [0.15, 0.2) is 0 Å². The van der Waals surface area contributed by atoms with Crippen LogP contribution in [0.3, 0.4) is 0 Å². The van der Waals surface area contributed by atoms with Crippen LogP contribution in [0, 0.1) is 35.5 Å². The maximum Gasteiger partial charge on any atom is 0.307 e. The van der Waals surface area contributed by atoms with Crippen LogP contribution < -0.4 is 0 Å².